The first kappa shape index (κ1) is 36.8. The number of halogens is 2. The van der Waals surface area contributed by atoms with Gasteiger partial charge in [-0.1, -0.05) is 34.6 Å². The van der Waals surface area contributed by atoms with Crippen LogP contribution < -0.4 is 16.5 Å². The van der Waals surface area contributed by atoms with Gasteiger partial charge in [0.25, 0.3) is 0 Å². The number of carbonyl (C=O) groups is 4. The second kappa shape index (κ2) is 17.8. The maximum atomic E-state index is 14.3. The molecule has 7 atom stereocenters. The van der Waals surface area contributed by atoms with Gasteiger partial charge in [-0.15, -0.1) is 0 Å². The standard InChI is InChI=1S/C31H55F2N5O5/c1-6-9-37(10-7-2)31(43)23-15-21(28(34)40)14-22(16-23)30(42)35-26(13-20-11-24(32)17-25(33)12-20)27(39)18-38(8-3)36-29(41)19(4)5/h19-27,39H,6-18H2,1-5H3,(H2,34,40)(H,35,42)(H,36,41). The fraction of sp³-hybridized carbons (Fsp3) is 0.871. The predicted molar refractivity (Wildman–Crippen MR) is 161 cm³/mol. The summed E-state index contributed by atoms with van der Waals surface area (Å²) in [6, 6.07) is -0.861. The fourth-order valence-corrected chi connectivity index (χ4v) is 6.44. The minimum absolute atomic E-state index is 0.0105. The van der Waals surface area contributed by atoms with Crippen LogP contribution in [0.4, 0.5) is 8.78 Å². The van der Waals surface area contributed by atoms with Gasteiger partial charge in [-0.05, 0) is 57.3 Å². The first-order valence-electron chi connectivity index (χ1n) is 16.2. The summed E-state index contributed by atoms with van der Waals surface area (Å²) in [7, 11) is 0. The van der Waals surface area contributed by atoms with Crippen molar-refractivity contribution in [2.45, 2.75) is 117 Å². The van der Waals surface area contributed by atoms with Gasteiger partial charge >= 0.3 is 0 Å². The highest BCUT2D eigenvalue weighted by atomic mass is 19.1. The Morgan fingerprint density at radius 3 is 1.95 bits per heavy atom. The Morgan fingerprint density at radius 2 is 1.44 bits per heavy atom. The van der Waals surface area contributed by atoms with Gasteiger partial charge in [0.1, 0.15) is 12.3 Å². The summed E-state index contributed by atoms with van der Waals surface area (Å²) in [6.45, 7) is 10.8. The highest BCUT2D eigenvalue weighted by Gasteiger charge is 2.41. The van der Waals surface area contributed by atoms with Crippen LogP contribution in [0, 0.1) is 29.6 Å². The van der Waals surface area contributed by atoms with Crippen LogP contribution in [0.5, 0.6) is 0 Å². The van der Waals surface area contributed by atoms with Gasteiger partial charge < -0.3 is 21.1 Å². The van der Waals surface area contributed by atoms with E-state index in [0.29, 0.717) is 19.6 Å². The van der Waals surface area contributed by atoms with E-state index in [-0.39, 0.29) is 69.2 Å². The van der Waals surface area contributed by atoms with Crippen molar-refractivity contribution in [3.8, 4) is 0 Å². The second-order valence-corrected chi connectivity index (χ2v) is 12.9. The normalized spacial score (nSPS) is 27.4. The third-order valence-electron chi connectivity index (χ3n) is 8.78. The number of aliphatic hydroxyl groups is 1. The number of nitrogens with two attached hydrogens (primary N) is 1. The van der Waals surface area contributed by atoms with Gasteiger partial charge in [-0.25, -0.2) is 13.8 Å². The summed E-state index contributed by atoms with van der Waals surface area (Å²) < 4.78 is 28.5. The van der Waals surface area contributed by atoms with Gasteiger partial charge in [-0.3, -0.25) is 24.6 Å². The van der Waals surface area contributed by atoms with Crippen LogP contribution in [0.25, 0.3) is 0 Å². The molecule has 0 spiro atoms. The zero-order chi connectivity index (χ0) is 32.3. The quantitative estimate of drug-likeness (QED) is 0.197. The maximum absolute atomic E-state index is 14.3. The molecule has 12 heteroatoms. The number of amides is 4. The van der Waals surface area contributed by atoms with E-state index in [0.717, 1.165) is 12.8 Å². The highest BCUT2D eigenvalue weighted by molar-refractivity contribution is 5.85. The molecule has 2 aliphatic carbocycles. The molecule has 0 heterocycles. The van der Waals surface area contributed by atoms with Crippen molar-refractivity contribution in [3.63, 3.8) is 0 Å². The number of carbonyl (C=O) groups excluding carboxylic acids is 4. The average Bonchev–Trinajstić information content (AvgIpc) is 2.94. The molecule has 0 aromatic carbocycles. The highest BCUT2D eigenvalue weighted by Crippen LogP contribution is 2.36. The molecule has 5 N–H and O–H groups in total. The smallest absolute Gasteiger partial charge is 0.236 e. The monoisotopic (exact) mass is 615 g/mol. The number of primary amides is 1. The summed E-state index contributed by atoms with van der Waals surface area (Å²) in [5.74, 6) is -3.86. The van der Waals surface area contributed by atoms with Crippen LogP contribution in [0.15, 0.2) is 0 Å². The Balaban J connectivity index is 2.25. The first-order chi connectivity index (χ1) is 20.3. The van der Waals surface area contributed by atoms with Crippen molar-refractivity contribution in [1.29, 1.82) is 0 Å². The largest absolute Gasteiger partial charge is 0.390 e. The van der Waals surface area contributed by atoms with E-state index >= 15 is 0 Å². The molecule has 0 radical (unpaired) electrons. The second-order valence-electron chi connectivity index (χ2n) is 12.9. The van der Waals surface area contributed by atoms with Crippen molar-refractivity contribution in [2.24, 2.45) is 35.3 Å². The molecule has 0 aromatic rings. The lowest BCUT2D eigenvalue weighted by Crippen LogP contribution is -2.55. The van der Waals surface area contributed by atoms with Gasteiger partial charge in [0, 0.05) is 56.3 Å². The van der Waals surface area contributed by atoms with Gasteiger partial charge in [0.05, 0.1) is 12.1 Å². The molecular weight excluding hydrogens is 560 g/mol. The van der Waals surface area contributed by atoms with Gasteiger partial charge in [0.15, 0.2) is 0 Å². The van der Waals surface area contributed by atoms with Crippen LogP contribution >= 0.6 is 0 Å². The summed E-state index contributed by atoms with van der Waals surface area (Å²) >= 11 is 0. The molecule has 248 valence electrons. The number of nitrogens with zero attached hydrogens (tertiary/aromatic N) is 2. The van der Waals surface area contributed by atoms with E-state index in [4.69, 9.17) is 5.73 Å². The van der Waals surface area contributed by atoms with Gasteiger partial charge in [-0.2, -0.15) is 0 Å². The number of hydrogen-bond acceptors (Lipinski definition) is 6. The minimum Gasteiger partial charge on any atom is -0.390 e. The fourth-order valence-electron chi connectivity index (χ4n) is 6.44. The van der Waals surface area contributed by atoms with Crippen molar-refractivity contribution in [2.75, 3.05) is 26.2 Å². The first-order valence-corrected chi connectivity index (χ1v) is 16.2. The molecule has 0 aliphatic heterocycles. The van der Waals surface area contributed by atoms with Crippen molar-refractivity contribution in [3.05, 3.63) is 0 Å². The molecular formula is C31H55F2N5O5. The Labute approximate surface area is 255 Å². The molecule has 0 bridgehead atoms. The molecule has 2 rings (SSSR count). The Morgan fingerprint density at radius 1 is 0.884 bits per heavy atom. The van der Waals surface area contributed by atoms with E-state index < -0.39 is 60.0 Å². The van der Waals surface area contributed by atoms with Crippen LogP contribution in [-0.2, 0) is 19.2 Å². The molecule has 0 saturated heterocycles. The topological polar surface area (TPSA) is 145 Å². The molecule has 0 aromatic heterocycles. The minimum atomic E-state index is -1.30. The van der Waals surface area contributed by atoms with E-state index in [1.165, 1.54) is 0 Å². The number of nitrogens with one attached hydrogen (secondary N) is 2. The molecule has 7 unspecified atom stereocenters. The van der Waals surface area contributed by atoms with Crippen molar-refractivity contribution >= 4 is 23.6 Å². The lowest BCUT2D eigenvalue weighted by Gasteiger charge is -2.37. The third kappa shape index (κ3) is 11.6. The van der Waals surface area contributed by atoms with Crippen LogP contribution in [0.2, 0.25) is 0 Å². The maximum Gasteiger partial charge on any atom is 0.236 e. The zero-order valence-electron chi connectivity index (χ0n) is 26.7. The lowest BCUT2D eigenvalue weighted by atomic mass is 9.73. The number of likely N-dealkylation sites (N-methyl/N-ethyl adjacent to an activating group) is 1. The van der Waals surface area contributed by atoms with E-state index in [2.05, 4.69) is 10.7 Å². The Bertz CT molecular complexity index is 909. The molecule has 4 amide bonds. The van der Waals surface area contributed by atoms with Gasteiger partial charge in [0.2, 0.25) is 23.6 Å². The molecule has 2 saturated carbocycles. The number of alkyl halides is 2. The number of hydrogen-bond donors (Lipinski definition) is 4. The molecule has 10 nitrogen and oxygen atoms in total. The summed E-state index contributed by atoms with van der Waals surface area (Å²) in [5, 5.41) is 15.8. The van der Waals surface area contributed by atoms with E-state index in [1.807, 2.05) is 20.8 Å². The SMILES string of the molecule is CCCN(CCC)C(=O)C1CC(C(N)=O)CC(C(=O)NC(CC2CC(F)CC(F)C2)C(O)CN(CC)NC(=O)C(C)C)C1. The van der Waals surface area contributed by atoms with Crippen molar-refractivity contribution in [1.82, 2.24) is 20.7 Å². The molecule has 2 fully saturated rings. The molecule has 2 aliphatic rings. The Hall–Kier alpha value is -2.34. The third-order valence-corrected chi connectivity index (χ3v) is 8.78. The van der Waals surface area contributed by atoms with Crippen LogP contribution in [0.1, 0.15) is 92.4 Å². The number of hydrazine groups is 1. The number of rotatable bonds is 16. The summed E-state index contributed by atoms with van der Waals surface area (Å²) in [6.07, 6.45) is -1.20. The average molecular weight is 616 g/mol. The van der Waals surface area contributed by atoms with E-state index in [9.17, 15) is 33.1 Å². The Kier molecular flexibility index (Phi) is 15.3. The van der Waals surface area contributed by atoms with E-state index in [1.54, 1.807) is 23.8 Å². The summed E-state index contributed by atoms with van der Waals surface area (Å²) in [4.78, 5) is 53.5. The zero-order valence-corrected chi connectivity index (χ0v) is 26.7. The van der Waals surface area contributed by atoms with Crippen LogP contribution in [0.3, 0.4) is 0 Å². The summed E-state index contributed by atoms with van der Waals surface area (Å²) in [5.41, 5.74) is 8.43. The molecule has 43 heavy (non-hydrogen) atoms. The lowest BCUT2D eigenvalue weighted by molar-refractivity contribution is -0.141. The van der Waals surface area contributed by atoms with Crippen LogP contribution in [-0.4, -0.2) is 89.3 Å². The predicted octanol–water partition coefficient (Wildman–Crippen LogP) is 2.87. The van der Waals surface area contributed by atoms with Crippen molar-refractivity contribution < 1.29 is 33.1 Å². The number of aliphatic hydroxyl groups excluding tert-OH is 1.